The average Bonchev–Trinajstić information content (AvgIpc) is 2.76. The number of imide groups is 1. The zero-order chi connectivity index (χ0) is 14.8. The number of nitrogens with zero attached hydrogens (tertiary/aromatic N) is 1. The Morgan fingerprint density at radius 2 is 1.81 bits per heavy atom. The summed E-state index contributed by atoms with van der Waals surface area (Å²) in [5.41, 5.74) is 0.488. The molecule has 3 rings (SSSR count). The van der Waals surface area contributed by atoms with Gasteiger partial charge >= 0.3 is 0 Å². The third-order valence-electron chi connectivity index (χ3n) is 4.28. The van der Waals surface area contributed by atoms with E-state index in [1.54, 1.807) is 24.3 Å². The first-order valence-electron chi connectivity index (χ1n) is 7.54. The molecule has 0 radical (unpaired) electrons. The van der Waals surface area contributed by atoms with Crippen molar-refractivity contribution in [2.24, 2.45) is 0 Å². The van der Waals surface area contributed by atoms with Gasteiger partial charge in [0.15, 0.2) is 0 Å². The van der Waals surface area contributed by atoms with Crippen LogP contribution in [0.25, 0.3) is 0 Å². The normalized spacial score (nSPS) is 23.9. The first kappa shape index (κ1) is 14.5. The van der Waals surface area contributed by atoms with E-state index in [-0.39, 0.29) is 18.2 Å². The number of carbonyl (C=O) groups excluding carboxylic acids is 2. The van der Waals surface area contributed by atoms with Gasteiger partial charge in [0, 0.05) is 6.04 Å². The summed E-state index contributed by atoms with van der Waals surface area (Å²) in [4.78, 5) is 25.9. The largest absolute Gasteiger partial charge is 0.303 e. The van der Waals surface area contributed by atoms with Crippen LogP contribution in [0.5, 0.6) is 0 Å². The van der Waals surface area contributed by atoms with E-state index in [0.29, 0.717) is 16.8 Å². The zero-order valence-electron chi connectivity index (χ0n) is 11.8. The number of para-hydroxylation sites is 1. The molecular formula is C16H19ClN2O2. The van der Waals surface area contributed by atoms with Crippen molar-refractivity contribution in [1.82, 2.24) is 5.32 Å². The summed E-state index contributed by atoms with van der Waals surface area (Å²) < 4.78 is 0. The van der Waals surface area contributed by atoms with Crippen LogP contribution in [0.3, 0.4) is 0 Å². The monoisotopic (exact) mass is 306 g/mol. The summed E-state index contributed by atoms with van der Waals surface area (Å²) >= 11 is 6.11. The first-order chi connectivity index (χ1) is 10.2. The molecule has 112 valence electrons. The van der Waals surface area contributed by atoms with Gasteiger partial charge in [0.25, 0.3) is 5.91 Å². The number of hydrogen-bond donors (Lipinski definition) is 1. The lowest BCUT2D eigenvalue weighted by molar-refractivity contribution is -0.121. The average molecular weight is 307 g/mol. The SMILES string of the molecule is O=C1C[C@@H](NC2CCCCC2)C(=O)N1c1ccccc1Cl. The molecule has 1 saturated heterocycles. The molecule has 4 nitrogen and oxygen atoms in total. The molecule has 2 aliphatic rings. The van der Waals surface area contributed by atoms with E-state index >= 15 is 0 Å². The fourth-order valence-electron chi connectivity index (χ4n) is 3.20. The second kappa shape index (κ2) is 6.16. The molecule has 1 aromatic carbocycles. The van der Waals surface area contributed by atoms with Crippen molar-refractivity contribution in [3.05, 3.63) is 29.3 Å². The van der Waals surface area contributed by atoms with Gasteiger partial charge in [-0.2, -0.15) is 0 Å². The summed E-state index contributed by atoms with van der Waals surface area (Å²) in [7, 11) is 0. The molecule has 0 bridgehead atoms. The second-order valence-electron chi connectivity index (χ2n) is 5.78. The van der Waals surface area contributed by atoms with E-state index in [4.69, 9.17) is 11.6 Å². The Kier molecular flexibility index (Phi) is 4.27. The minimum atomic E-state index is -0.406. The number of benzene rings is 1. The van der Waals surface area contributed by atoms with Crippen LogP contribution < -0.4 is 10.2 Å². The molecule has 2 fully saturated rings. The van der Waals surface area contributed by atoms with Crippen molar-refractivity contribution in [3.63, 3.8) is 0 Å². The highest BCUT2D eigenvalue weighted by molar-refractivity contribution is 6.36. The third kappa shape index (κ3) is 2.97. The molecule has 1 aromatic rings. The van der Waals surface area contributed by atoms with Crippen LogP contribution in [0.15, 0.2) is 24.3 Å². The zero-order valence-corrected chi connectivity index (χ0v) is 12.6. The number of carbonyl (C=O) groups is 2. The quantitative estimate of drug-likeness (QED) is 0.874. The highest BCUT2D eigenvalue weighted by atomic mass is 35.5. The number of anilines is 1. The van der Waals surface area contributed by atoms with Gasteiger partial charge < -0.3 is 5.32 Å². The van der Waals surface area contributed by atoms with Crippen LogP contribution in [-0.4, -0.2) is 23.9 Å². The van der Waals surface area contributed by atoms with Crippen molar-refractivity contribution >= 4 is 29.1 Å². The highest BCUT2D eigenvalue weighted by Gasteiger charge is 2.41. The Hall–Kier alpha value is -1.39. The number of hydrogen-bond acceptors (Lipinski definition) is 3. The van der Waals surface area contributed by atoms with Crippen LogP contribution in [0.2, 0.25) is 5.02 Å². The topological polar surface area (TPSA) is 49.4 Å². The fourth-order valence-corrected chi connectivity index (χ4v) is 3.42. The minimum Gasteiger partial charge on any atom is -0.303 e. The van der Waals surface area contributed by atoms with E-state index < -0.39 is 6.04 Å². The summed E-state index contributed by atoms with van der Waals surface area (Å²) in [5, 5.41) is 3.79. The van der Waals surface area contributed by atoms with E-state index in [1.165, 1.54) is 24.2 Å². The highest BCUT2D eigenvalue weighted by Crippen LogP contribution is 2.30. The van der Waals surface area contributed by atoms with Gasteiger partial charge in [-0.05, 0) is 25.0 Å². The summed E-state index contributed by atoms with van der Waals surface area (Å²) in [6.45, 7) is 0. The minimum absolute atomic E-state index is 0.179. The van der Waals surface area contributed by atoms with E-state index in [1.807, 2.05) is 0 Å². The van der Waals surface area contributed by atoms with E-state index in [2.05, 4.69) is 5.32 Å². The molecule has 1 aliphatic heterocycles. The second-order valence-corrected chi connectivity index (χ2v) is 6.18. The molecule has 0 unspecified atom stereocenters. The van der Waals surface area contributed by atoms with Crippen LogP contribution in [0, 0.1) is 0 Å². The van der Waals surface area contributed by atoms with Gasteiger partial charge in [-0.25, -0.2) is 4.90 Å². The molecule has 2 amide bonds. The van der Waals surface area contributed by atoms with Crippen molar-refractivity contribution in [2.45, 2.75) is 50.6 Å². The van der Waals surface area contributed by atoms with Crippen molar-refractivity contribution in [2.75, 3.05) is 4.90 Å². The fraction of sp³-hybridized carbons (Fsp3) is 0.500. The van der Waals surface area contributed by atoms with E-state index in [0.717, 1.165) is 12.8 Å². The molecule has 1 atom stereocenters. The lowest BCUT2D eigenvalue weighted by Crippen LogP contribution is -2.44. The van der Waals surface area contributed by atoms with Crippen LogP contribution in [0.4, 0.5) is 5.69 Å². The predicted octanol–water partition coefficient (Wildman–Crippen LogP) is 2.89. The van der Waals surface area contributed by atoms with Gasteiger partial charge in [0.2, 0.25) is 5.91 Å². The number of amides is 2. The lowest BCUT2D eigenvalue weighted by atomic mass is 9.95. The summed E-state index contributed by atoms with van der Waals surface area (Å²) in [6.07, 6.45) is 6.05. The van der Waals surface area contributed by atoms with Crippen molar-refractivity contribution in [3.8, 4) is 0 Å². The summed E-state index contributed by atoms with van der Waals surface area (Å²) in [6, 6.07) is 6.92. The molecule has 1 aliphatic carbocycles. The van der Waals surface area contributed by atoms with Crippen molar-refractivity contribution in [1.29, 1.82) is 0 Å². The Morgan fingerprint density at radius 1 is 1.10 bits per heavy atom. The Morgan fingerprint density at radius 3 is 2.52 bits per heavy atom. The van der Waals surface area contributed by atoms with E-state index in [9.17, 15) is 9.59 Å². The number of rotatable bonds is 3. The molecular weight excluding hydrogens is 288 g/mol. The smallest absolute Gasteiger partial charge is 0.251 e. The Balaban J connectivity index is 1.74. The predicted molar refractivity (Wildman–Crippen MR) is 82.4 cm³/mol. The molecule has 5 heteroatoms. The Bertz CT molecular complexity index is 555. The van der Waals surface area contributed by atoms with Gasteiger partial charge in [-0.3, -0.25) is 9.59 Å². The van der Waals surface area contributed by atoms with Gasteiger partial charge in [0.05, 0.1) is 23.2 Å². The number of nitrogens with one attached hydrogen (secondary N) is 1. The van der Waals surface area contributed by atoms with Crippen LogP contribution >= 0.6 is 11.6 Å². The molecule has 21 heavy (non-hydrogen) atoms. The third-order valence-corrected chi connectivity index (χ3v) is 4.60. The van der Waals surface area contributed by atoms with Gasteiger partial charge in [0.1, 0.15) is 0 Å². The summed E-state index contributed by atoms with van der Waals surface area (Å²) in [5.74, 6) is -0.361. The van der Waals surface area contributed by atoms with Gasteiger partial charge in [-0.1, -0.05) is 43.0 Å². The van der Waals surface area contributed by atoms with Crippen molar-refractivity contribution < 1.29 is 9.59 Å². The molecule has 1 N–H and O–H groups in total. The Labute approximate surface area is 129 Å². The molecule has 1 saturated carbocycles. The lowest BCUT2D eigenvalue weighted by Gasteiger charge is -2.25. The number of halogens is 1. The molecule has 1 heterocycles. The molecule has 0 aromatic heterocycles. The first-order valence-corrected chi connectivity index (χ1v) is 7.92. The van der Waals surface area contributed by atoms with Crippen LogP contribution in [-0.2, 0) is 9.59 Å². The maximum atomic E-state index is 12.5. The van der Waals surface area contributed by atoms with Gasteiger partial charge in [-0.15, -0.1) is 0 Å². The van der Waals surface area contributed by atoms with Crippen LogP contribution in [0.1, 0.15) is 38.5 Å². The maximum absolute atomic E-state index is 12.5. The standard InChI is InChI=1S/C16H19ClN2O2/c17-12-8-4-5-9-14(12)19-15(20)10-13(16(19)21)18-11-6-2-1-3-7-11/h4-5,8-9,11,13,18H,1-3,6-7,10H2/t13-/m1/s1. The molecule has 0 spiro atoms. The maximum Gasteiger partial charge on any atom is 0.251 e.